The van der Waals surface area contributed by atoms with Crippen LogP contribution in [-0.4, -0.2) is 28.3 Å². The highest BCUT2D eigenvalue weighted by Gasteiger charge is 2.01. The molecule has 0 aliphatic carbocycles. The quantitative estimate of drug-likeness (QED) is 0.522. The van der Waals surface area contributed by atoms with E-state index in [4.69, 9.17) is 10.5 Å². The minimum atomic E-state index is 0.376. The zero-order valence-electron chi connectivity index (χ0n) is 11.1. The number of thioether (sulfide) groups is 1. The maximum Gasteiger partial charge on any atom is 0.170 e. The first-order valence-electron chi connectivity index (χ1n) is 6.13. The normalized spacial score (nSPS) is 9.90. The molecule has 0 atom stereocenters. The van der Waals surface area contributed by atoms with Crippen LogP contribution in [0.4, 0.5) is 0 Å². The SMILES string of the molecule is Cc1nsc(SCCOc2ccc(C#CCN)cc2)n1. The van der Waals surface area contributed by atoms with Gasteiger partial charge in [0.1, 0.15) is 11.6 Å². The Labute approximate surface area is 126 Å². The summed E-state index contributed by atoms with van der Waals surface area (Å²) in [5, 5.41) is 0. The number of ether oxygens (including phenoxy) is 1. The Balaban J connectivity index is 1.74. The van der Waals surface area contributed by atoms with E-state index in [9.17, 15) is 0 Å². The van der Waals surface area contributed by atoms with Gasteiger partial charge in [-0.25, -0.2) is 4.98 Å². The lowest BCUT2D eigenvalue weighted by Crippen LogP contribution is -1.99. The Hall–Kier alpha value is -1.55. The highest BCUT2D eigenvalue weighted by molar-refractivity contribution is 8.00. The van der Waals surface area contributed by atoms with Crippen molar-refractivity contribution in [2.45, 2.75) is 11.3 Å². The molecule has 0 aliphatic heterocycles. The van der Waals surface area contributed by atoms with Gasteiger partial charge in [-0.1, -0.05) is 23.6 Å². The van der Waals surface area contributed by atoms with E-state index >= 15 is 0 Å². The molecule has 0 bridgehead atoms. The third-order valence-electron chi connectivity index (χ3n) is 2.28. The van der Waals surface area contributed by atoms with Gasteiger partial charge >= 0.3 is 0 Å². The van der Waals surface area contributed by atoms with Crippen molar-refractivity contribution in [3.63, 3.8) is 0 Å². The Bertz CT molecular complexity index is 599. The predicted molar refractivity (Wildman–Crippen MR) is 83.2 cm³/mol. The van der Waals surface area contributed by atoms with Gasteiger partial charge in [-0.2, -0.15) is 4.37 Å². The molecule has 0 spiro atoms. The zero-order chi connectivity index (χ0) is 14.2. The van der Waals surface area contributed by atoms with Crippen molar-refractivity contribution in [2.75, 3.05) is 18.9 Å². The molecule has 1 heterocycles. The Morgan fingerprint density at radius 1 is 1.35 bits per heavy atom. The molecule has 2 N–H and O–H groups in total. The molecule has 0 aliphatic rings. The van der Waals surface area contributed by atoms with Gasteiger partial charge in [-0.3, -0.25) is 0 Å². The van der Waals surface area contributed by atoms with Crippen molar-refractivity contribution in [2.24, 2.45) is 5.73 Å². The Kier molecular flexibility index (Phi) is 5.87. The number of hydrogen-bond acceptors (Lipinski definition) is 6. The van der Waals surface area contributed by atoms with Crippen LogP contribution >= 0.6 is 23.3 Å². The number of rotatable bonds is 5. The van der Waals surface area contributed by atoms with Gasteiger partial charge in [0.25, 0.3) is 0 Å². The van der Waals surface area contributed by atoms with Gasteiger partial charge in [0.15, 0.2) is 4.34 Å². The summed E-state index contributed by atoms with van der Waals surface area (Å²) >= 11 is 3.08. The minimum absolute atomic E-state index is 0.376. The minimum Gasteiger partial charge on any atom is -0.493 e. The molecule has 6 heteroatoms. The fourth-order valence-electron chi connectivity index (χ4n) is 1.41. The first-order valence-corrected chi connectivity index (χ1v) is 7.89. The fourth-order valence-corrected chi connectivity index (χ4v) is 2.95. The number of benzene rings is 1. The summed E-state index contributed by atoms with van der Waals surface area (Å²) in [5.74, 6) is 8.31. The van der Waals surface area contributed by atoms with Crippen molar-refractivity contribution in [3.05, 3.63) is 35.7 Å². The van der Waals surface area contributed by atoms with Crippen LogP contribution in [0, 0.1) is 18.8 Å². The molecule has 0 radical (unpaired) electrons. The third kappa shape index (κ3) is 4.85. The summed E-state index contributed by atoms with van der Waals surface area (Å²) in [6.07, 6.45) is 0. The summed E-state index contributed by atoms with van der Waals surface area (Å²) in [6, 6.07) is 7.69. The van der Waals surface area contributed by atoms with E-state index < -0.39 is 0 Å². The summed E-state index contributed by atoms with van der Waals surface area (Å²) in [6.45, 7) is 2.91. The lowest BCUT2D eigenvalue weighted by molar-refractivity contribution is 0.344. The number of aryl methyl sites for hydroxylation is 1. The molecule has 2 aromatic rings. The second-order valence-corrected chi connectivity index (χ2v) is 5.93. The first-order chi connectivity index (χ1) is 9.78. The molecule has 4 nitrogen and oxygen atoms in total. The number of aromatic nitrogens is 2. The molecule has 0 unspecified atom stereocenters. The number of nitrogens with two attached hydrogens (primary N) is 1. The highest BCUT2D eigenvalue weighted by atomic mass is 32.2. The van der Waals surface area contributed by atoms with Crippen molar-refractivity contribution < 1.29 is 4.74 Å². The van der Waals surface area contributed by atoms with Gasteiger partial charge < -0.3 is 10.5 Å². The van der Waals surface area contributed by atoms with E-state index in [0.29, 0.717) is 13.2 Å². The van der Waals surface area contributed by atoms with Crippen LogP contribution in [-0.2, 0) is 0 Å². The second kappa shape index (κ2) is 7.90. The standard InChI is InChI=1S/C14H15N3OS2/c1-11-16-14(20-17-11)19-10-9-18-13-6-4-12(5-7-13)3-2-8-15/h4-7H,8-10,15H2,1H3. The summed E-state index contributed by atoms with van der Waals surface area (Å²) < 4.78 is 10.8. The Morgan fingerprint density at radius 2 is 2.15 bits per heavy atom. The molecule has 0 saturated carbocycles. The second-order valence-electron chi connectivity index (χ2n) is 3.83. The van der Waals surface area contributed by atoms with Gasteiger partial charge in [-0.15, -0.1) is 0 Å². The monoisotopic (exact) mass is 305 g/mol. The van der Waals surface area contributed by atoms with Crippen LogP contribution in [0.1, 0.15) is 11.4 Å². The number of hydrogen-bond donors (Lipinski definition) is 1. The van der Waals surface area contributed by atoms with Crippen LogP contribution in [0.3, 0.4) is 0 Å². The summed E-state index contributed by atoms with van der Waals surface area (Å²) in [7, 11) is 0. The van der Waals surface area contributed by atoms with Gasteiger partial charge in [-0.05, 0) is 42.7 Å². The highest BCUT2D eigenvalue weighted by Crippen LogP contribution is 2.20. The van der Waals surface area contributed by atoms with Gasteiger partial charge in [0.05, 0.1) is 13.2 Å². The van der Waals surface area contributed by atoms with Crippen LogP contribution in [0.25, 0.3) is 0 Å². The third-order valence-corrected chi connectivity index (χ3v) is 4.16. The molecular weight excluding hydrogens is 290 g/mol. The van der Waals surface area contributed by atoms with E-state index in [-0.39, 0.29) is 0 Å². The molecule has 1 aromatic carbocycles. The van der Waals surface area contributed by atoms with E-state index in [1.165, 1.54) is 11.5 Å². The van der Waals surface area contributed by atoms with E-state index in [0.717, 1.165) is 27.2 Å². The molecule has 104 valence electrons. The number of nitrogens with zero attached hydrogens (tertiary/aromatic N) is 2. The maximum absolute atomic E-state index is 5.66. The smallest absolute Gasteiger partial charge is 0.170 e. The molecular formula is C14H15N3OS2. The van der Waals surface area contributed by atoms with Crippen LogP contribution in [0.5, 0.6) is 5.75 Å². The fraction of sp³-hybridized carbons (Fsp3) is 0.286. The molecule has 0 saturated heterocycles. The average Bonchev–Trinajstić information content (AvgIpc) is 2.88. The van der Waals surface area contributed by atoms with Gasteiger partial charge in [0.2, 0.25) is 0 Å². The van der Waals surface area contributed by atoms with Crippen molar-refractivity contribution in [3.8, 4) is 17.6 Å². The molecule has 0 fully saturated rings. The first kappa shape index (κ1) is 14.9. The maximum atomic E-state index is 5.66. The molecule has 1 aromatic heterocycles. The summed E-state index contributed by atoms with van der Waals surface area (Å²) in [4.78, 5) is 4.28. The van der Waals surface area contributed by atoms with Crippen LogP contribution in [0.2, 0.25) is 0 Å². The van der Waals surface area contributed by atoms with E-state index in [2.05, 4.69) is 21.2 Å². The van der Waals surface area contributed by atoms with Crippen molar-refractivity contribution in [1.29, 1.82) is 0 Å². The zero-order valence-corrected chi connectivity index (χ0v) is 12.8. The molecule has 2 rings (SSSR count). The van der Waals surface area contributed by atoms with Gasteiger partial charge in [0, 0.05) is 11.3 Å². The van der Waals surface area contributed by atoms with Crippen LogP contribution in [0.15, 0.2) is 28.6 Å². The predicted octanol–water partition coefficient (Wildman–Crippen LogP) is 2.33. The van der Waals surface area contributed by atoms with Crippen LogP contribution < -0.4 is 10.5 Å². The topological polar surface area (TPSA) is 61.0 Å². The summed E-state index contributed by atoms with van der Waals surface area (Å²) in [5.41, 5.74) is 6.27. The lowest BCUT2D eigenvalue weighted by atomic mass is 10.2. The van der Waals surface area contributed by atoms with Crippen molar-refractivity contribution >= 4 is 23.3 Å². The van der Waals surface area contributed by atoms with Crippen molar-refractivity contribution in [1.82, 2.24) is 9.36 Å². The Morgan fingerprint density at radius 3 is 2.80 bits per heavy atom. The molecule has 0 amide bonds. The van der Waals surface area contributed by atoms with E-state index in [1.54, 1.807) is 11.8 Å². The largest absolute Gasteiger partial charge is 0.493 e. The average molecular weight is 305 g/mol. The lowest BCUT2D eigenvalue weighted by Gasteiger charge is -2.04. The van der Waals surface area contributed by atoms with E-state index in [1.807, 2.05) is 31.2 Å². The molecule has 20 heavy (non-hydrogen) atoms.